The van der Waals surface area contributed by atoms with Crippen molar-refractivity contribution >= 4 is 11.7 Å². The molecule has 0 saturated carbocycles. The van der Waals surface area contributed by atoms with Gasteiger partial charge in [-0.05, 0) is 0 Å². The number of hydrogen-bond acceptors (Lipinski definition) is 2. The van der Waals surface area contributed by atoms with Crippen molar-refractivity contribution in [3.05, 3.63) is 0 Å². The zero-order chi connectivity index (χ0) is 9.72. The van der Waals surface area contributed by atoms with Gasteiger partial charge < -0.3 is 5.32 Å². The zero-order valence-electron chi connectivity index (χ0n) is 8.60. The van der Waals surface area contributed by atoms with Crippen LogP contribution in [-0.2, 0) is 0 Å². The first kappa shape index (κ1) is 11.1. The minimum absolute atomic E-state index is 0.237. The molecular weight excluding hydrogens is 150 g/mol. The average Bonchev–Trinajstić information content (AvgIpc) is 1.98. The van der Waals surface area contributed by atoms with Gasteiger partial charge in [-0.1, -0.05) is 27.7 Å². The van der Waals surface area contributed by atoms with Crippen molar-refractivity contribution in [2.24, 2.45) is 16.8 Å². The molecule has 0 aromatic heterocycles. The molecule has 12 heavy (non-hydrogen) atoms. The Kier molecular flexibility index (Phi) is 4.55. The average molecular weight is 169 g/mol. The summed E-state index contributed by atoms with van der Waals surface area (Å²) in [6, 6.07) is 0. The van der Waals surface area contributed by atoms with Crippen LogP contribution < -0.4 is 5.32 Å². The van der Waals surface area contributed by atoms with E-state index >= 15 is 0 Å². The minimum atomic E-state index is 0.237. The molecule has 0 amide bonds. The van der Waals surface area contributed by atoms with E-state index in [0.29, 0.717) is 11.8 Å². The molecule has 0 aliphatic carbocycles. The molecule has 0 rings (SSSR count). The van der Waals surface area contributed by atoms with Crippen LogP contribution in [0.4, 0.5) is 0 Å². The summed E-state index contributed by atoms with van der Waals surface area (Å²) in [4.78, 5) is 4.07. The van der Waals surface area contributed by atoms with Gasteiger partial charge in [0, 0.05) is 18.9 Å². The highest BCUT2D eigenvalue weighted by Crippen LogP contribution is 1.97. The second-order valence-corrected chi connectivity index (χ2v) is 3.46. The Morgan fingerprint density at radius 3 is 1.92 bits per heavy atom. The highest BCUT2D eigenvalue weighted by Gasteiger charge is 2.08. The Morgan fingerprint density at radius 1 is 1.17 bits per heavy atom. The molecule has 0 bridgehead atoms. The summed E-state index contributed by atoms with van der Waals surface area (Å²) in [7, 11) is 1.75. The third kappa shape index (κ3) is 3.51. The van der Waals surface area contributed by atoms with Crippen molar-refractivity contribution in [2.75, 3.05) is 7.05 Å². The van der Waals surface area contributed by atoms with Gasteiger partial charge in [-0.15, -0.1) is 0 Å². The van der Waals surface area contributed by atoms with E-state index in [1.54, 1.807) is 7.05 Å². The quantitative estimate of drug-likeness (QED) is 0.481. The third-order valence-electron chi connectivity index (χ3n) is 1.63. The van der Waals surface area contributed by atoms with Gasteiger partial charge in [-0.3, -0.25) is 10.4 Å². The van der Waals surface area contributed by atoms with E-state index in [2.05, 4.69) is 24.2 Å². The van der Waals surface area contributed by atoms with Crippen LogP contribution in [0.1, 0.15) is 27.7 Å². The first-order valence-electron chi connectivity index (χ1n) is 4.31. The van der Waals surface area contributed by atoms with E-state index in [4.69, 9.17) is 5.41 Å². The largest absolute Gasteiger partial charge is 0.332 e. The number of hydrogen-bond donors (Lipinski definition) is 2. The summed E-state index contributed by atoms with van der Waals surface area (Å²) in [6.07, 6.45) is 0. The Bertz CT molecular complexity index is 180. The molecule has 70 valence electrons. The Labute approximate surface area is 74.8 Å². The predicted molar refractivity (Wildman–Crippen MR) is 53.9 cm³/mol. The van der Waals surface area contributed by atoms with Crippen LogP contribution in [0.5, 0.6) is 0 Å². The first-order chi connectivity index (χ1) is 5.49. The Hall–Kier alpha value is -0.860. The van der Waals surface area contributed by atoms with Gasteiger partial charge in [0.1, 0.15) is 11.7 Å². The molecule has 3 nitrogen and oxygen atoms in total. The van der Waals surface area contributed by atoms with Crippen molar-refractivity contribution in [3.8, 4) is 0 Å². The Balaban J connectivity index is 4.15. The van der Waals surface area contributed by atoms with Gasteiger partial charge in [0.05, 0.1) is 0 Å². The lowest BCUT2D eigenvalue weighted by atomic mass is 10.1. The van der Waals surface area contributed by atoms with Crippen LogP contribution in [0.3, 0.4) is 0 Å². The fourth-order valence-corrected chi connectivity index (χ4v) is 0.741. The topological polar surface area (TPSA) is 48.2 Å². The molecule has 0 saturated heterocycles. The summed E-state index contributed by atoms with van der Waals surface area (Å²) in [5, 5.41) is 10.6. The fraction of sp³-hybridized carbons (Fsp3) is 0.778. The number of nitrogens with zero attached hydrogens (tertiary/aromatic N) is 1. The van der Waals surface area contributed by atoms with Gasteiger partial charge in [0.2, 0.25) is 0 Å². The molecule has 0 atom stereocenters. The lowest BCUT2D eigenvalue weighted by Gasteiger charge is -2.15. The van der Waals surface area contributed by atoms with E-state index in [1.807, 2.05) is 13.8 Å². The van der Waals surface area contributed by atoms with Gasteiger partial charge in [-0.2, -0.15) is 0 Å². The van der Waals surface area contributed by atoms with Gasteiger partial charge >= 0.3 is 0 Å². The molecule has 2 N–H and O–H groups in total. The monoisotopic (exact) mass is 169 g/mol. The number of aliphatic imine (C=N–C) groups is 1. The van der Waals surface area contributed by atoms with E-state index < -0.39 is 0 Å². The van der Waals surface area contributed by atoms with E-state index in [-0.39, 0.29) is 5.92 Å². The van der Waals surface area contributed by atoms with Crippen molar-refractivity contribution in [1.29, 1.82) is 5.41 Å². The van der Waals surface area contributed by atoms with Gasteiger partial charge in [-0.25, -0.2) is 0 Å². The second kappa shape index (κ2) is 4.91. The molecule has 0 fully saturated rings. The maximum atomic E-state index is 7.58. The first-order valence-corrected chi connectivity index (χ1v) is 4.31. The molecule has 0 unspecified atom stereocenters. The molecule has 0 aromatic carbocycles. The van der Waals surface area contributed by atoms with Crippen LogP contribution >= 0.6 is 0 Å². The zero-order valence-corrected chi connectivity index (χ0v) is 8.60. The van der Waals surface area contributed by atoms with Crippen LogP contribution in [0.2, 0.25) is 0 Å². The van der Waals surface area contributed by atoms with Crippen molar-refractivity contribution in [1.82, 2.24) is 5.32 Å². The molecule has 0 aliphatic rings. The number of rotatable bonds is 2. The smallest absolute Gasteiger partial charge is 0.104 e. The highest BCUT2D eigenvalue weighted by molar-refractivity contribution is 6.00. The minimum Gasteiger partial charge on any atom is -0.332 e. The normalized spacial score (nSPS) is 12.4. The fourth-order valence-electron chi connectivity index (χ4n) is 0.741. The third-order valence-corrected chi connectivity index (χ3v) is 1.63. The summed E-state index contributed by atoms with van der Waals surface area (Å²) in [6.45, 7) is 8.09. The van der Waals surface area contributed by atoms with E-state index in [1.165, 1.54) is 0 Å². The maximum absolute atomic E-state index is 7.58. The molecular formula is C9H19N3. The summed E-state index contributed by atoms with van der Waals surface area (Å²) in [5.74, 6) is 2.01. The van der Waals surface area contributed by atoms with E-state index in [9.17, 15) is 0 Å². The lowest BCUT2D eigenvalue weighted by Crippen LogP contribution is -2.36. The van der Waals surface area contributed by atoms with Gasteiger partial charge in [0.25, 0.3) is 0 Å². The van der Waals surface area contributed by atoms with Crippen LogP contribution in [0, 0.1) is 17.2 Å². The molecule has 3 heteroatoms. The van der Waals surface area contributed by atoms with Crippen molar-refractivity contribution in [2.45, 2.75) is 27.7 Å². The highest BCUT2D eigenvalue weighted by atomic mass is 15.0. The molecule has 0 heterocycles. The van der Waals surface area contributed by atoms with Crippen LogP contribution in [-0.4, -0.2) is 18.7 Å². The second-order valence-electron chi connectivity index (χ2n) is 3.46. The summed E-state index contributed by atoms with van der Waals surface area (Å²) >= 11 is 0. The van der Waals surface area contributed by atoms with Crippen LogP contribution in [0.15, 0.2) is 4.99 Å². The maximum Gasteiger partial charge on any atom is 0.104 e. The predicted octanol–water partition coefficient (Wildman–Crippen LogP) is 1.89. The SMILES string of the molecule is CN=C(NC(=N)C(C)C)C(C)C. The molecule has 0 aromatic rings. The van der Waals surface area contributed by atoms with E-state index in [0.717, 1.165) is 5.84 Å². The number of amidine groups is 2. The number of nitrogens with one attached hydrogen (secondary N) is 2. The summed E-state index contributed by atoms with van der Waals surface area (Å²) in [5.41, 5.74) is 0. The van der Waals surface area contributed by atoms with Crippen LogP contribution in [0.25, 0.3) is 0 Å². The standard InChI is InChI=1S/C9H19N3/c1-6(2)8(10)12-9(11-5)7(3)4/h6-7H,1-5H3,(H2,10,11,12). The molecule has 0 spiro atoms. The molecule has 0 radical (unpaired) electrons. The van der Waals surface area contributed by atoms with Crippen molar-refractivity contribution in [3.63, 3.8) is 0 Å². The summed E-state index contributed by atoms with van der Waals surface area (Å²) < 4.78 is 0. The Morgan fingerprint density at radius 2 is 1.67 bits per heavy atom. The van der Waals surface area contributed by atoms with Crippen molar-refractivity contribution < 1.29 is 0 Å². The lowest BCUT2D eigenvalue weighted by molar-refractivity contribution is 0.809. The molecule has 0 aliphatic heterocycles. The van der Waals surface area contributed by atoms with Gasteiger partial charge in [0.15, 0.2) is 0 Å².